The minimum atomic E-state index is -0.531. The monoisotopic (exact) mass is 334 g/mol. The third kappa shape index (κ3) is 3.38. The van der Waals surface area contributed by atoms with Gasteiger partial charge < -0.3 is 4.74 Å². The van der Waals surface area contributed by atoms with Crippen molar-refractivity contribution in [1.29, 1.82) is 0 Å². The van der Waals surface area contributed by atoms with E-state index in [0.717, 1.165) is 17.9 Å². The fourth-order valence-electron chi connectivity index (χ4n) is 3.10. The number of hydrogen-bond donors (Lipinski definition) is 1. The second kappa shape index (κ2) is 6.68. The molecule has 3 rings (SSSR count). The summed E-state index contributed by atoms with van der Waals surface area (Å²) in [6.07, 6.45) is 6.02. The number of nitrogens with one attached hydrogen (secondary N) is 1. The predicted octanol–water partition coefficient (Wildman–Crippen LogP) is 2.73. The van der Waals surface area contributed by atoms with Gasteiger partial charge in [0.05, 0.1) is 13.8 Å². The number of carbonyl (C=O) groups excluding carboxylic acids is 1. The topological polar surface area (TPSA) is 69.0 Å². The van der Waals surface area contributed by atoms with Crippen LogP contribution in [0.4, 0.5) is 0 Å². The zero-order valence-corrected chi connectivity index (χ0v) is 13.7. The molecule has 1 fully saturated rings. The van der Waals surface area contributed by atoms with E-state index in [9.17, 15) is 4.79 Å². The van der Waals surface area contributed by atoms with Crippen LogP contribution in [-0.4, -0.2) is 27.8 Å². The molecule has 1 aromatic heterocycles. The molecule has 0 aliphatic heterocycles. The van der Waals surface area contributed by atoms with Crippen molar-refractivity contribution in [3.05, 3.63) is 47.0 Å². The van der Waals surface area contributed by atoms with Crippen molar-refractivity contribution in [3.63, 3.8) is 0 Å². The van der Waals surface area contributed by atoms with Crippen LogP contribution < -0.4 is 5.32 Å². The Balaban J connectivity index is 1.74. The van der Waals surface area contributed by atoms with Gasteiger partial charge in [-0.1, -0.05) is 36.6 Å². The van der Waals surface area contributed by atoms with Crippen LogP contribution in [0.15, 0.2) is 30.6 Å². The van der Waals surface area contributed by atoms with E-state index in [1.54, 1.807) is 4.68 Å². The number of benzene rings is 1. The van der Waals surface area contributed by atoms with E-state index in [4.69, 9.17) is 11.6 Å². The Morgan fingerprint density at radius 2 is 2.04 bits per heavy atom. The molecule has 0 bridgehead atoms. The number of hydrogen-bond acceptors (Lipinski definition) is 5. The lowest BCUT2D eigenvalue weighted by Gasteiger charge is -2.31. The lowest BCUT2D eigenvalue weighted by molar-refractivity contribution is 0.0586. The van der Waals surface area contributed by atoms with E-state index in [-0.39, 0.29) is 11.4 Å². The van der Waals surface area contributed by atoms with Crippen molar-refractivity contribution in [2.24, 2.45) is 0 Å². The Labute approximate surface area is 139 Å². The number of halogens is 1. The van der Waals surface area contributed by atoms with Gasteiger partial charge in [-0.25, -0.2) is 14.5 Å². The van der Waals surface area contributed by atoms with Crippen LogP contribution in [0.1, 0.15) is 41.9 Å². The first-order chi connectivity index (χ1) is 11.1. The molecule has 1 N–H and O–H groups in total. The van der Waals surface area contributed by atoms with E-state index < -0.39 is 5.97 Å². The Morgan fingerprint density at radius 3 is 2.70 bits per heavy atom. The van der Waals surface area contributed by atoms with Crippen LogP contribution >= 0.6 is 11.6 Å². The third-order valence-corrected chi connectivity index (χ3v) is 4.59. The van der Waals surface area contributed by atoms with Crippen LogP contribution in [0.25, 0.3) is 0 Å². The van der Waals surface area contributed by atoms with Gasteiger partial charge in [-0.3, -0.25) is 5.32 Å². The predicted molar refractivity (Wildman–Crippen MR) is 86.1 cm³/mol. The Bertz CT molecular complexity index is 678. The van der Waals surface area contributed by atoms with Crippen molar-refractivity contribution < 1.29 is 9.53 Å². The lowest BCUT2D eigenvalue weighted by Crippen LogP contribution is -2.41. The number of methoxy groups -OCH3 is 1. The number of rotatable bonds is 5. The molecule has 7 heteroatoms. The van der Waals surface area contributed by atoms with Gasteiger partial charge in [-0.2, -0.15) is 0 Å². The molecule has 0 spiro atoms. The average Bonchev–Trinajstić information content (AvgIpc) is 3.23. The molecule has 1 saturated carbocycles. The fraction of sp³-hybridized carbons (Fsp3) is 0.438. The lowest BCUT2D eigenvalue weighted by atomic mass is 9.88. The molecular formula is C16H19ClN4O2. The van der Waals surface area contributed by atoms with Gasteiger partial charge >= 0.3 is 5.97 Å². The molecule has 122 valence electrons. The van der Waals surface area contributed by atoms with E-state index in [1.807, 2.05) is 12.1 Å². The first-order valence-electron chi connectivity index (χ1n) is 7.62. The molecule has 0 radical (unpaired) electrons. The smallest absolute Gasteiger partial charge is 0.377 e. The summed E-state index contributed by atoms with van der Waals surface area (Å²) in [4.78, 5) is 15.4. The second-order valence-electron chi connectivity index (χ2n) is 5.73. The van der Waals surface area contributed by atoms with Gasteiger partial charge in [-0.05, 0) is 30.5 Å². The minimum absolute atomic E-state index is 0.0706. The van der Waals surface area contributed by atoms with Gasteiger partial charge in [0.1, 0.15) is 6.33 Å². The molecule has 0 unspecified atom stereocenters. The minimum Gasteiger partial charge on any atom is -0.463 e. The molecule has 1 aliphatic rings. The van der Waals surface area contributed by atoms with Crippen molar-refractivity contribution in [2.45, 2.75) is 37.9 Å². The standard InChI is InChI=1S/C16H19ClN4O2/c1-23-15(22)14-18-10-21(20-14)11-19-16(8-2-3-9-16)12-4-6-13(17)7-5-12/h4-7,10,19H,2-3,8-9,11H2,1H3. The van der Waals surface area contributed by atoms with Crippen LogP contribution in [-0.2, 0) is 16.9 Å². The highest BCUT2D eigenvalue weighted by molar-refractivity contribution is 6.30. The Hall–Kier alpha value is -1.92. The van der Waals surface area contributed by atoms with Gasteiger partial charge in [-0.15, -0.1) is 5.10 Å². The molecule has 1 aromatic carbocycles. The second-order valence-corrected chi connectivity index (χ2v) is 6.17. The van der Waals surface area contributed by atoms with Crippen LogP contribution in [0, 0.1) is 0 Å². The van der Waals surface area contributed by atoms with Crippen LogP contribution in [0.2, 0.25) is 5.02 Å². The molecule has 2 aromatic rings. The van der Waals surface area contributed by atoms with Crippen molar-refractivity contribution >= 4 is 17.6 Å². The number of ether oxygens (including phenoxy) is 1. The van der Waals surface area contributed by atoms with Gasteiger partial charge in [0.2, 0.25) is 0 Å². The molecule has 6 nitrogen and oxygen atoms in total. The molecule has 23 heavy (non-hydrogen) atoms. The van der Waals surface area contributed by atoms with Crippen molar-refractivity contribution in [2.75, 3.05) is 7.11 Å². The van der Waals surface area contributed by atoms with Crippen LogP contribution in [0.3, 0.4) is 0 Å². The SMILES string of the molecule is COC(=O)c1ncn(CNC2(c3ccc(Cl)cc3)CCCC2)n1. The summed E-state index contributed by atoms with van der Waals surface area (Å²) in [6, 6.07) is 7.98. The summed E-state index contributed by atoms with van der Waals surface area (Å²) in [6.45, 7) is 0.479. The first-order valence-corrected chi connectivity index (χ1v) is 8.00. The van der Waals surface area contributed by atoms with Crippen molar-refractivity contribution in [3.8, 4) is 0 Å². The van der Waals surface area contributed by atoms with Gasteiger partial charge in [0, 0.05) is 10.6 Å². The fourth-order valence-corrected chi connectivity index (χ4v) is 3.23. The molecule has 1 heterocycles. The maximum Gasteiger partial charge on any atom is 0.377 e. The molecule has 1 aliphatic carbocycles. The summed E-state index contributed by atoms with van der Waals surface area (Å²) in [7, 11) is 1.31. The van der Waals surface area contributed by atoms with Crippen LogP contribution in [0.5, 0.6) is 0 Å². The van der Waals surface area contributed by atoms with Crippen molar-refractivity contribution in [1.82, 2.24) is 20.1 Å². The van der Waals surface area contributed by atoms with E-state index >= 15 is 0 Å². The van der Waals surface area contributed by atoms with Gasteiger partial charge in [0.25, 0.3) is 5.82 Å². The van der Waals surface area contributed by atoms with E-state index in [1.165, 1.54) is 31.8 Å². The molecular weight excluding hydrogens is 316 g/mol. The van der Waals surface area contributed by atoms with E-state index in [2.05, 4.69) is 32.3 Å². The summed E-state index contributed by atoms with van der Waals surface area (Å²) >= 11 is 6.00. The number of carbonyl (C=O) groups is 1. The van der Waals surface area contributed by atoms with Gasteiger partial charge in [0.15, 0.2) is 0 Å². The Kier molecular flexibility index (Phi) is 4.63. The summed E-state index contributed by atoms with van der Waals surface area (Å²) in [5.41, 5.74) is 1.15. The average molecular weight is 335 g/mol. The molecule has 0 amide bonds. The molecule has 0 atom stereocenters. The zero-order valence-electron chi connectivity index (χ0n) is 13.0. The highest BCUT2D eigenvalue weighted by Gasteiger charge is 2.35. The molecule has 0 saturated heterocycles. The number of esters is 1. The highest BCUT2D eigenvalue weighted by Crippen LogP contribution is 2.39. The normalized spacial score (nSPS) is 16.4. The quantitative estimate of drug-likeness (QED) is 0.851. The summed E-state index contributed by atoms with van der Waals surface area (Å²) in [5, 5.41) is 8.45. The highest BCUT2D eigenvalue weighted by atomic mass is 35.5. The van der Waals surface area contributed by atoms with E-state index in [0.29, 0.717) is 6.67 Å². The Morgan fingerprint density at radius 1 is 1.35 bits per heavy atom. The zero-order chi connectivity index (χ0) is 16.3. The third-order valence-electron chi connectivity index (χ3n) is 4.34. The maximum absolute atomic E-state index is 11.4. The summed E-state index contributed by atoms with van der Waals surface area (Å²) < 4.78 is 6.23. The summed E-state index contributed by atoms with van der Waals surface area (Å²) in [5.74, 6) is -0.460. The largest absolute Gasteiger partial charge is 0.463 e. The maximum atomic E-state index is 11.4. The first kappa shape index (κ1) is 16.0. The number of aromatic nitrogens is 3. The number of nitrogens with zero attached hydrogens (tertiary/aromatic N) is 3.